The molecule has 0 bridgehead atoms. The Morgan fingerprint density at radius 2 is 1.94 bits per heavy atom. The van der Waals surface area contributed by atoms with Crippen molar-refractivity contribution in [2.45, 2.75) is 0 Å². The molecule has 0 saturated heterocycles. The van der Waals surface area contributed by atoms with E-state index >= 15 is 0 Å². The van der Waals surface area contributed by atoms with E-state index < -0.39 is 0 Å². The van der Waals surface area contributed by atoms with E-state index in [2.05, 4.69) is 9.98 Å². The fraction of sp³-hybridized carbons (Fsp3) is 0.333. The van der Waals surface area contributed by atoms with E-state index in [0.29, 0.717) is 0 Å². The zero-order valence-corrected chi connectivity index (χ0v) is 11.4. The SMILES string of the molecule is COc1ccc(N=C(/N=C/N(C)C)SC)cc1. The Labute approximate surface area is 106 Å². The fourth-order valence-corrected chi connectivity index (χ4v) is 1.41. The molecule has 0 heterocycles. The van der Waals surface area contributed by atoms with E-state index in [4.69, 9.17) is 4.74 Å². The van der Waals surface area contributed by atoms with Crippen molar-refractivity contribution in [1.29, 1.82) is 0 Å². The average Bonchev–Trinajstić information content (AvgIpc) is 2.35. The third-order valence-corrected chi connectivity index (χ3v) is 2.44. The van der Waals surface area contributed by atoms with Gasteiger partial charge in [-0.15, -0.1) is 0 Å². The third kappa shape index (κ3) is 4.91. The Morgan fingerprint density at radius 1 is 1.29 bits per heavy atom. The van der Waals surface area contributed by atoms with Gasteiger partial charge in [-0.25, -0.2) is 9.98 Å². The molecule has 5 heteroatoms. The zero-order valence-electron chi connectivity index (χ0n) is 10.5. The molecule has 1 rings (SSSR count). The van der Waals surface area contributed by atoms with Crippen molar-refractivity contribution in [3.63, 3.8) is 0 Å². The molecule has 0 spiro atoms. The summed E-state index contributed by atoms with van der Waals surface area (Å²) in [5.41, 5.74) is 0.867. The molecule has 0 atom stereocenters. The molecule has 0 aliphatic rings. The fourth-order valence-electron chi connectivity index (χ4n) is 1.06. The highest BCUT2D eigenvalue weighted by Crippen LogP contribution is 2.19. The van der Waals surface area contributed by atoms with Crippen LogP contribution in [0.1, 0.15) is 0 Å². The summed E-state index contributed by atoms with van der Waals surface area (Å²) in [5.74, 6) is 0.825. The lowest BCUT2D eigenvalue weighted by molar-refractivity contribution is 0.415. The standard InChI is InChI=1S/C12H17N3OS/c1-15(2)9-13-12(17-4)14-10-5-7-11(16-3)8-6-10/h5-9H,1-4H3/b13-9+,14-12?. The molecular formula is C12H17N3OS. The van der Waals surface area contributed by atoms with Gasteiger partial charge in [0.15, 0.2) is 5.17 Å². The third-order valence-electron chi connectivity index (χ3n) is 1.88. The topological polar surface area (TPSA) is 37.2 Å². The largest absolute Gasteiger partial charge is 0.497 e. The predicted molar refractivity (Wildman–Crippen MR) is 75.8 cm³/mol. The molecule has 0 unspecified atom stereocenters. The first kappa shape index (κ1) is 13.6. The molecule has 92 valence electrons. The van der Waals surface area contributed by atoms with Crippen LogP contribution in [0.3, 0.4) is 0 Å². The van der Waals surface area contributed by atoms with Crippen LogP contribution in [0.4, 0.5) is 5.69 Å². The highest BCUT2D eigenvalue weighted by molar-refractivity contribution is 8.13. The summed E-state index contributed by atoms with van der Waals surface area (Å²) in [4.78, 5) is 10.6. The maximum absolute atomic E-state index is 5.09. The van der Waals surface area contributed by atoms with Crippen molar-refractivity contribution in [3.8, 4) is 5.75 Å². The highest BCUT2D eigenvalue weighted by atomic mass is 32.2. The summed E-state index contributed by atoms with van der Waals surface area (Å²) in [6, 6.07) is 7.57. The first-order chi connectivity index (χ1) is 8.15. The minimum atomic E-state index is 0.726. The van der Waals surface area contributed by atoms with Crippen molar-refractivity contribution in [1.82, 2.24) is 4.90 Å². The minimum absolute atomic E-state index is 0.726. The van der Waals surface area contributed by atoms with E-state index in [1.54, 1.807) is 13.4 Å². The molecule has 0 radical (unpaired) electrons. The second-order valence-corrected chi connectivity index (χ2v) is 4.28. The van der Waals surface area contributed by atoms with Gasteiger partial charge in [0.05, 0.1) is 19.1 Å². The normalized spacial score (nSPS) is 11.9. The number of thioether (sulfide) groups is 1. The summed E-state index contributed by atoms with van der Waals surface area (Å²) in [7, 11) is 5.50. The molecular weight excluding hydrogens is 234 g/mol. The first-order valence-electron chi connectivity index (χ1n) is 5.13. The summed E-state index contributed by atoms with van der Waals surface area (Å²) in [6.45, 7) is 0. The number of amidine groups is 1. The van der Waals surface area contributed by atoms with Crippen molar-refractivity contribution in [2.75, 3.05) is 27.5 Å². The summed E-state index contributed by atoms with van der Waals surface area (Å²) >= 11 is 1.51. The van der Waals surface area contributed by atoms with Crippen LogP contribution in [0, 0.1) is 0 Å². The molecule has 17 heavy (non-hydrogen) atoms. The van der Waals surface area contributed by atoms with Crippen LogP contribution >= 0.6 is 11.8 Å². The van der Waals surface area contributed by atoms with Gasteiger partial charge in [-0.2, -0.15) is 0 Å². The number of ether oxygens (including phenoxy) is 1. The second-order valence-electron chi connectivity index (χ2n) is 3.50. The highest BCUT2D eigenvalue weighted by Gasteiger charge is 1.96. The molecule has 1 aromatic carbocycles. The lowest BCUT2D eigenvalue weighted by Gasteiger charge is -2.03. The van der Waals surface area contributed by atoms with Crippen molar-refractivity contribution in [2.24, 2.45) is 9.98 Å². The van der Waals surface area contributed by atoms with Crippen LogP contribution in [0.5, 0.6) is 5.75 Å². The van der Waals surface area contributed by atoms with Gasteiger partial charge in [0.1, 0.15) is 5.75 Å². The lowest BCUT2D eigenvalue weighted by Crippen LogP contribution is -2.08. The first-order valence-corrected chi connectivity index (χ1v) is 6.35. The second kappa shape index (κ2) is 6.96. The van der Waals surface area contributed by atoms with Gasteiger partial charge < -0.3 is 9.64 Å². The Balaban J connectivity index is 2.82. The molecule has 1 aromatic rings. The van der Waals surface area contributed by atoms with Crippen LogP contribution in [-0.4, -0.2) is 43.9 Å². The molecule has 0 fully saturated rings. The van der Waals surface area contributed by atoms with E-state index in [9.17, 15) is 0 Å². The smallest absolute Gasteiger partial charge is 0.189 e. The van der Waals surface area contributed by atoms with Crippen molar-refractivity contribution in [3.05, 3.63) is 24.3 Å². The molecule has 0 aliphatic carbocycles. The van der Waals surface area contributed by atoms with Crippen molar-refractivity contribution >= 4 is 29.0 Å². The number of hydrogen-bond acceptors (Lipinski definition) is 3. The maximum atomic E-state index is 5.09. The van der Waals surface area contributed by atoms with Crippen LogP contribution in [0.15, 0.2) is 34.3 Å². The van der Waals surface area contributed by atoms with E-state index in [1.807, 2.05) is 49.5 Å². The number of hydrogen-bond donors (Lipinski definition) is 0. The van der Waals surface area contributed by atoms with Crippen LogP contribution in [0.25, 0.3) is 0 Å². The monoisotopic (exact) mass is 251 g/mol. The number of methoxy groups -OCH3 is 1. The maximum Gasteiger partial charge on any atom is 0.189 e. The minimum Gasteiger partial charge on any atom is -0.497 e. The average molecular weight is 251 g/mol. The van der Waals surface area contributed by atoms with Gasteiger partial charge in [-0.3, -0.25) is 0 Å². The Kier molecular flexibility index (Phi) is 5.56. The summed E-state index contributed by atoms with van der Waals surface area (Å²) < 4.78 is 5.09. The number of benzene rings is 1. The Bertz CT molecular complexity index is 399. The van der Waals surface area contributed by atoms with Crippen LogP contribution in [0.2, 0.25) is 0 Å². The van der Waals surface area contributed by atoms with Crippen molar-refractivity contribution < 1.29 is 4.74 Å². The Morgan fingerprint density at radius 3 is 2.41 bits per heavy atom. The van der Waals surface area contributed by atoms with Gasteiger partial charge in [0.25, 0.3) is 0 Å². The molecule has 0 aliphatic heterocycles. The molecule has 0 saturated carbocycles. The quantitative estimate of drug-likeness (QED) is 0.612. The summed E-state index contributed by atoms with van der Waals surface area (Å²) in [5, 5.41) is 0.726. The van der Waals surface area contributed by atoms with Gasteiger partial charge in [-0.1, -0.05) is 11.8 Å². The van der Waals surface area contributed by atoms with Gasteiger partial charge in [0.2, 0.25) is 0 Å². The van der Waals surface area contributed by atoms with E-state index in [1.165, 1.54) is 11.8 Å². The van der Waals surface area contributed by atoms with Gasteiger partial charge >= 0.3 is 0 Å². The van der Waals surface area contributed by atoms with E-state index in [-0.39, 0.29) is 0 Å². The lowest BCUT2D eigenvalue weighted by atomic mass is 10.3. The molecule has 0 aromatic heterocycles. The molecule has 4 nitrogen and oxygen atoms in total. The number of rotatable bonds is 3. The number of aliphatic imine (C=N–C) groups is 2. The number of nitrogens with zero attached hydrogens (tertiary/aromatic N) is 3. The zero-order chi connectivity index (χ0) is 12.7. The molecule has 0 amide bonds. The van der Waals surface area contributed by atoms with Crippen LogP contribution < -0.4 is 4.74 Å². The van der Waals surface area contributed by atoms with Crippen LogP contribution in [-0.2, 0) is 0 Å². The van der Waals surface area contributed by atoms with Gasteiger partial charge in [-0.05, 0) is 30.5 Å². The Hall–Kier alpha value is -1.49. The summed E-state index contributed by atoms with van der Waals surface area (Å²) in [6.07, 6.45) is 3.69. The van der Waals surface area contributed by atoms with Gasteiger partial charge in [0, 0.05) is 14.1 Å². The predicted octanol–water partition coefficient (Wildman–Crippen LogP) is 2.64. The molecule has 0 N–H and O–H groups in total. The van der Waals surface area contributed by atoms with E-state index in [0.717, 1.165) is 16.6 Å².